The summed E-state index contributed by atoms with van der Waals surface area (Å²) >= 11 is 0. The summed E-state index contributed by atoms with van der Waals surface area (Å²) in [6, 6.07) is 22.0. The van der Waals surface area contributed by atoms with Gasteiger partial charge in [-0.3, -0.25) is 9.59 Å². The second-order valence-electron chi connectivity index (χ2n) is 8.29. The van der Waals surface area contributed by atoms with Crippen molar-refractivity contribution in [3.05, 3.63) is 83.6 Å². The zero-order valence-corrected chi connectivity index (χ0v) is 17.5. The molecule has 156 valence electrons. The fraction of sp³-hybridized carbons (Fsp3) is 0.231. The number of hydrogen-bond acceptors (Lipinski definition) is 5. The SMILES string of the molecule is COC(=O)[C@@H]1C(=O)C2=C(C[C@@H]1C)Nc1ccccc1N[C@H]2c1ccc2ccccc2c1. The number of fused-ring (bicyclic) bond motifs is 2. The van der Waals surface area contributed by atoms with Crippen LogP contribution in [0.15, 0.2) is 78.0 Å². The Hall–Kier alpha value is -3.60. The molecule has 3 atom stereocenters. The van der Waals surface area contributed by atoms with E-state index in [1.165, 1.54) is 7.11 Å². The van der Waals surface area contributed by atoms with Crippen LogP contribution in [0.5, 0.6) is 0 Å². The van der Waals surface area contributed by atoms with Crippen molar-refractivity contribution < 1.29 is 14.3 Å². The number of anilines is 2. The average molecular weight is 412 g/mol. The minimum absolute atomic E-state index is 0.145. The van der Waals surface area contributed by atoms with Gasteiger partial charge in [-0.2, -0.15) is 0 Å². The van der Waals surface area contributed by atoms with Gasteiger partial charge >= 0.3 is 5.97 Å². The number of ketones is 1. The monoisotopic (exact) mass is 412 g/mol. The molecular weight excluding hydrogens is 388 g/mol. The summed E-state index contributed by atoms with van der Waals surface area (Å²) in [5.74, 6) is -1.58. The molecule has 0 spiro atoms. The number of ether oxygens (including phenoxy) is 1. The Morgan fingerprint density at radius 1 is 0.968 bits per heavy atom. The van der Waals surface area contributed by atoms with E-state index in [1.54, 1.807) is 0 Å². The van der Waals surface area contributed by atoms with Crippen molar-refractivity contribution in [2.45, 2.75) is 19.4 Å². The van der Waals surface area contributed by atoms with Crippen LogP contribution in [0.1, 0.15) is 24.9 Å². The number of allylic oxidation sites excluding steroid dienone is 1. The first-order chi connectivity index (χ1) is 15.1. The highest BCUT2D eigenvalue weighted by Crippen LogP contribution is 2.44. The van der Waals surface area contributed by atoms with Gasteiger partial charge in [0.25, 0.3) is 0 Å². The first-order valence-corrected chi connectivity index (χ1v) is 10.5. The lowest BCUT2D eigenvalue weighted by Gasteiger charge is -2.32. The standard InChI is InChI=1S/C26H24N2O3/c1-15-13-21-23(25(29)22(15)26(30)31-2)24(28-20-10-6-5-9-19(20)27-21)18-12-11-16-7-3-4-8-17(16)14-18/h3-12,14-15,22,24,27-28H,13H2,1-2H3/t15-,22-,24-/m0/s1. The lowest BCUT2D eigenvalue weighted by Crippen LogP contribution is -2.39. The Balaban J connectivity index is 1.69. The van der Waals surface area contributed by atoms with E-state index in [4.69, 9.17) is 4.74 Å². The van der Waals surface area contributed by atoms with Crippen LogP contribution in [0.25, 0.3) is 10.8 Å². The summed E-state index contributed by atoms with van der Waals surface area (Å²) < 4.78 is 4.98. The van der Waals surface area contributed by atoms with E-state index in [2.05, 4.69) is 41.0 Å². The van der Waals surface area contributed by atoms with Crippen LogP contribution in [-0.2, 0) is 14.3 Å². The first-order valence-electron chi connectivity index (χ1n) is 10.5. The second kappa shape index (κ2) is 7.58. The van der Waals surface area contributed by atoms with Gasteiger partial charge in [0, 0.05) is 11.3 Å². The predicted molar refractivity (Wildman–Crippen MR) is 122 cm³/mol. The van der Waals surface area contributed by atoms with Gasteiger partial charge in [0.2, 0.25) is 0 Å². The number of carbonyl (C=O) groups excluding carboxylic acids is 2. The van der Waals surface area contributed by atoms with E-state index >= 15 is 0 Å². The molecule has 5 rings (SSSR count). The number of para-hydroxylation sites is 2. The Labute approximate surface area is 181 Å². The summed E-state index contributed by atoms with van der Waals surface area (Å²) in [7, 11) is 1.34. The number of esters is 1. The van der Waals surface area contributed by atoms with Crippen LogP contribution in [-0.4, -0.2) is 18.9 Å². The minimum atomic E-state index is -0.795. The number of rotatable bonds is 2. The number of carbonyl (C=O) groups is 2. The smallest absolute Gasteiger partial charge is 0.316 e. The quantitative estimate of drug-likeness (QED) is 0.454. The maximum Gasteiger partial charge on any atom is 0.316 e. The molecular formula is C26H24N2O3. The number of benzene rings is 3. The molecule has 1 aliphatic heterocycles. The van der Waals surface area contributed by atoms with Gasteiger partial charge in [-0.1, -0.05) is 55.5 Å². The molecule has 2 aliphatic rings. The molecule has 31 heavy (non-hydrogen) atoms. The van der Waals surface area contributed by atoms with Gasteiger partial charge in [-0.25, -0.2) is 0 Å². The molecule has 0 fully saturated rings. The number of nitrogens with one attached hydrogen (secondary N) is 2. The normalized spacial score (nSPS) is 22.6. The van der Waals surface area contributed by atoms with Crippen LogP contribution in [0.3, 0.4) is 0 Å². The molecule has 0 saturated heterocycles. The van der Waals surface area contributed by atoms with Gasteiger partial charge < -0.3 is 15.4 Å². The molecule has 3 aromatic carbocycles. The van der Waals surface area contributed by atoms with Crippen molar-refractivity contribution in [3.8, 4) is 0 Å². The third-order valence-corrected chi connectivity index (χ3v) is 6.33. The Morgan fingerprint density at radius 3 is 2.45 bits per heavy atom. The van der Waals surface area contributed by atoms with Gasteiger partial charge in [0.1, 0.15) is 5.92 Å². The molecule has 1 aliphatic carbocycles. The molecule has 0 saturated carbocycles. The maximum atomic E-state index is 13.7. The second-order valence-corrected chi connectivity index (χ2v) is 8.29. The molecule has 0 unspecified atom stereocenters. The average Bonchev–Trinajstić information content (AvgIpc) is 2.95. The lowest BCUT2D eigenvalue weighted by atomic mass is 9.74. The summed E-state index contributed by atoms with van der Waals surface area (Å²) in [6.45, 7) is 1.93. The molecule has 5 heteroatoms. The Kier molecular flexibility index (Phi) is 4.74. The number of Topliss-reactive ketones (excluding diaryl/α,β-unsaturated/α-hetero) is 1. The van der Waals surface area contributed by atoms with Crippen molar-refractivity contribution in [1.29, 1.82) is 0 Å². The maximum absolute atomic E-state index is 13.7. The summed E-state index contributed by atoms with van der Waals surface area (Å²) in [5.41, 5.74) is 4.31. The largest absolute Gasteiger partial charge is 0.468 e. The molecule has 0 amide bonds. The Bertz CT molecular complexity index is 1230. The van der Waals surface area contributed by atoms with E-state index in [-0.39, 0.29) is 17.7 Å². The predicted octanol–water partition coefficient (Wildman–Crippen LogP) is 5.07. The fourth-order valence-electron chi connectivity index (χ4n) is 4.77. The van der Waals surface area contributed by atoms with E-state index in [1.807, 2.05) is 43.3 Å². The molecule has 5 nitrogen and oxygen atoms in total. The Morgan fingerprint density at radius 2 is 1.68 bits per heavy atom. The molecule has 3 aromatic rings. The lowest BCUT2D eigenvalue weighted by molar-refractivity contribution is -0.151. The molecule has 2 N–H and O–H groups in total. The van der Waals surface area contributed by atoms with Crippen LogP contribution >= 0.6 is 0 Å². The minimum Gasteiger partial charge on any atom is -0.468 e. The highest BCUT2D eigenvalue weighted by Gasteiger charge is 2.44. The zero-order valence-electron chi connectivity index (χ0n) is 17.5. The number of methoxy groups -OCH3 is 1. The van der Waals surface area contributed by atoms with Crippen molar-refractivity contribution in [3.63, 3.8) is 0 Å². The molecule has 0 aromatic heterocycles. The molecule has 1 heterocycles. The number of hydrogen-bond donors (Lipinski definition) is 2. The van der Waals surface area contributed by atoms with Gasteiger partial charge in [0.05, 0.1) is 24.5 Å². The summed E-state index contributed by atoms with van der Waals surface area (Å²) in [4.78, 5) is 26.2. The van der Waals surface area contributed by atoms with Gasteiger partial charge in [0.15, 0.2) is 5.78 Å². The third kappa shape index (κ3) is 3.26. The van der Waals surface area contributed by atoms with Crippen LogP contribution in [0.4, 0.5) is 11.4 Å². The topological polar surface area (TPSA) is 67.4 Å². The molecule has 0 bridgehead atoms. The third-order valence-electron chi connectivity index (χ3n) is 6.33. The van der Waals surface area contributed by atoms with Crippen LogP contribution in [0.2, 0.25) is 0 Å². The van der Waals surface area contributed by atoms with Crippen molar-refractivity contribution >= 4 is 33.9 Å². The van der Waals surface area contributed by atoms with Crippen molar-refractivity contribution in [2.75, 3.05) is 17.7 Å². The van der Waals surface area contributed by atoms with E-state index in [9.17, 15) is 9.59 Å². The van der Waals surface area contributed by atoms with Crippen LogP contribution in [0, 0.1) is 11.8 Å². The van der Waals surface area contributed by atoms with Crippen molar-refractivity contribution in [1.82, 2.24) is 0 Å². The van der Waals surface area contributed by atoms with E-state index in [0.29, 0.717) is 12.0 Å². The van der Waals surface area contributed by atoms with Crippen molar-refractivity contribution in [2.24, 2.45) is 11.8 Å². The van der Waals surface area contributed by atoms with Gasteiger partial charge in [-0.05, 0) is 46.9 Å². The fourth-order valence-corrected chi connectivity index (χ4v) is 4.77. The first kappa shape index (κ1) is 19.4. The van der Waals surface area contributed by atoms with E-state index < -0.39 is 11.9 Å². The van der Waals surface area contributed by atoms with Crippen LogP contribution < -0.4 is 10.6 Å². The highest BCUT2D eigenvalue weighted by atomic mass is 16.5. The van der Waals surface area contributed by atoms with E-state index in [0.717, 1.165) is 33.4 Å². The zero-order chi connectivity index (χ0) is 21.5. The summed E-state index contributed by atoms with van der Waals surface area (Å²) in [6.07, 6.45) is 0.598. The van der Waals surface area contributed by atoms with Gasteiger partial charge in [-0.15, -0.1) is 0 Å². The molecule has 0 radical (unpaired) electrons. The highest BCUT2D eigenvalue weighted by molar-refractivity contribution is 6.11. The summed E-state index contributed by atoms with van der Waals surface area (Å²) in [5, 5.41) is 9.30.